The Morgan fingerprint density at radius 1 is 1.25 bits per heavy atom. The van der Waals surface area contributed by atoms with Crippen LogP contribution < -0.4 is 19.5 Å². The second kappa shape index (κ2) is 11.8. The zero-order valence-corrected chi connectivity index (χ0v) is 19.0. The maximum atomic E-state index is 12.2. The Hall–Kier alpha value is -2.70. The summed E-state index contributed by atoms with van der Waals surface area (Å²) in [5, 5.41) is 14.0. The second-order valence-electron chi connectivity index (χ2n) is 6.88. The van der Waals surface area contributed by atoms with Crippen molar-refractivity contribution in [3.8, 4) is 23.3 Å². The summed E-state index contributed by atoms with van der Waals surface area (Å²) in [7, 11) is 1.52. The van der Waals surface area contributed by atoms with E-state index in [2.05, 4.69) is 5.32 Å². The monoisotopic (exact) mass is 479 g/mol. The third-order valence-corrected chi connectivity index (χ3v) is 5.12. The molecule has 0 spiro atoms. The summed E-state index contributed by atoms with van der Waals surface area (Å²) in [6.07, 6.45) is 0.575. The molecule has 0 radical (unpaired) electrons. The van der Waals surface area contributed by atoms with Crippen molar-refractivity contribution in [2.45, 2.75) is 12.5 Å². The van der Waals surface area contributed by atoms with Crippen molar-refractivity contribution >= 4 is 29.1 Å². The van der Waals surface area contributed by atoms with Gasteiger partial charge in [-0.3, -0.25) is 9.63 Å². The molecule has 2 aromatic rings. The topological polar surface area (TPSA) is 93.0 Å². The average molecular weight is 480 g/mol. The molecule has 1 unspecified atom stereocenters. The number of nitriles is 1. The standard InChI is InChI=1S/C22H23Cl2N3O5/c1-26-22(28)18-11-19(24)21(30-10-7-25)12-20(18)29-9-2-8-27-13-17(14-31-27)32-16-5-3-15(23)4-6-16/h3-6,11-12,17H,2,8-10,13-14H2,1H3,(H,26,28). The van der Waals surface area contributed by atoms with E-state index in [1.54, 1.807) is 12.1 Å². The molecule has 3 rings (SSSR count). The zero-order valence-electron chi connectivity index (χ0n) is 17.5. The Labute approximate surface area is 196 Å². The number of benzene rings is 2. The lowest BCUT2D eigenvalue weighted by Gasteiger charge is -2.16. The SMILES string of the molecule is CNC(=O)c1cc(Cl)c(OCC#N)cc1OCCCN1CC(Oc2ccc(Cl)cc2)CO1. The third kappa shape index (κ3) is 6.65. The summed E-state index contributed by atoms with van der Waals surface area (Å²) >= 11 is 12.0. The van der Waals surface area contributed by atoms with Gasteiger partial charge in [-0.1, -0.05) is 23.2 Å². The molecule has 0 aliphatic carbocycles. The predicted octanol–water partition coefficient (Wildman–Crippen LogP) is 3.72. The first-order valence-corrected chi connectivity index (χ1v) is 10.7. The fourth-order valence-electron chi connectivity index (χ4n) is 3.06. The molecule has 10 heteroatoms. The molecule has 2 aromatic carbocycles. The molecule has 8 nitrogen and oxygen atoms in total. The van der Waals surface area contributed by atoms with Gasteiger partial charge in [0, 0.05) is 24.7 Å². The van der Waals surface area contributed by atoms with Gasteiger partial charge in [-0.15, -0.1) is 0 Å². The zero-order chi connectivity index (χ0) is 22.9. The Morgan fingerprint density at radius 2 is 2.03 bits per heavy atom. The molecule has 0 saturated carbocycles. The minimum Gasteiger partial charge on any atom is -0.493 e. The summed E-state index contributed by atoms with van der Waals surface area (Å²) in [4.78, 5) is 17.8. The van der Waals surface area contributed by atoms with Crippen molar-refractivity contribution in [1.29, 1.82) is 5.26 Å². The molecular formula is C22H23Cl2N3O5. The lowest BCUT2D eigenvalue weighted by atomic mass is 10.1. The van der Waals surface area contributed by atoms with Crippen molar-refractivity contribution in [2.24, 2.45) is 0 Å². The number of amides is 1. The fraction of sp³-hybridized carbons (Fsp3) is 0.364. The van der Waals surface area contributed by atoms with Crippen LogP contribution in [0.4, 0.5) is 0 Å². The van der Waals surface area contributed by atoms with Gasteiger partial charge in [0.1, 0.15) is 36.0 Å². The molecule has 1 aliphatic heterocycles. The maximum absolute atomic E-state index is 12.2. The number of nitrogens with zero attached hydrogens (tertiary/aromatic N) is 2. The van der Waals surface area contributed by atoms with E-state index >= 15 is 0 Å². The number of hydroxylamine groups is 2. The van der Waals surface area contributed by atoms with Gasteiger partial charge in [0.05, 0.1) is 23.7 Å². The number of hydrogen-bond acceptors (Lipinski definition) is 7. The number of carbonyl (C=O) groups is 1. The van der Waals surface area contributed by atoms with Crippen LogP contribution >= 0.6 is 23.2 Å². The van der Waals surface area contributed by atoms with Gasteiger partial charge < -0.3 is 19.5 Å². The van der Waals surface area contributed by atoms with Crippen molar-refractivity contribution in [1.82, 2.24) is 10.4 Å². The van der Waals surface area contributed by atoms with Crippen molar-refractivity contribution in [3.05, 3.63) is 52.0 Å². The Kier molecular flexibility index (Phi) is 8.82. The number of rotatable bonds is 10. The fourth-order valence-corrected chi connectivity index (χ4v) is 3.41. The van der Waals surface area contributed by atoms with Crippen molar-refractivity contribution in [3.63, 3.8) is 0 Å². The van der Waals surface area contributed by atoms with E-state index < -0.39 is 0 Å². The smallest absolute Gasteiger partial charge is 0.254 e. The molecule has 0 aromatic heterocycles. The average Bonchev–Trinajstić information content (AvgIpc) is 3.24. The van der Waals surface area contributed by atoms with Crippen LogP contribution in [0, 0.1) is 11.3 Å². The second-order valence-corrected chi connectivity index (χ2v) is 7.73. The first kappa shape index (κ1) is 24.0. The molecule has 1 aliphatic rings. The highest BCUT2D eigenvalue weighted by Gasteiger charge is 2.25. The number of nitrogens with one attached hydrogen (secondary N) is 1. The van der Waals surface area contributed by atoms with Crippen LogP contribution in [0.25, 0.3) is 0 Å². The summed E-state index contributed by atoms with van der Waals surface area (Å²) < 4.78 is 17.0. The highest BCUT2D eigenvalue weighted by Crippen LogP contribution is 2.33. The van der Waals surface area contributed by atoms with Gasteiger partial charge in [0.25, 0.3) is 5.91 Å². The van der Waals surface area contributed by atoms with E-state index in [9.17, 15) is 4.79 Å². The van der Waals surface area contributed by atoms with Crippen LogP contribution in [0.3, 0.4) is 0 Å². The van der Waals surface area contributed by atoms with Crippen molar-refractivity contribution in [2.75, 3.05) is 40.0 Å². The molecule has 1 N–H and O–H groups in total. The third-order valence-electron chi connectivity index (χ3n) is 4.57. The van der Waals surface area contributed by atoms with Gasteiger partial charge in [0.15, 0.2) is 6.61 Å². The number of carbonyl (C=O) groups excluding carboxylic acids is 1. The lowest BCUT2D eigenvalue weighted by molar-refractivity contribution is -0.111. The molecule has 1 fully saturated rings. The minimum atomic E-state index is -0.334. The Morgan fingerprint density at radius 3 is 2.75 bits per heavy atom. The van der Waals surface area contributed by atoms with Gasteiger partial charge in [0.2, 0.25) is 0 Å². The molecule has 1 amide bonds. The Balaban J connectivity index is 1.50. The Bertz CT molecular complexity index is 965. The summed E-state index contributed by atoms with van der Waals surface area (Å²) in [6.45, 7) is 1.89. The van der Waals surface area contributed by atoms with E-state index in [-0.39, 0.29) is 35.0 Å². The van der Waals surface area contributed by atoms with Crippen LogP contribution in [0.2, 0.25) is 10.0 Å². The van der Waals surface area contributed by atoms with E-state index in [0.717, 1.165) is 5.75 Å². The van der Waals surface area contributed by atoms with Crippen LogP contribution in [0.5, 0.6) is 17.2 Å². The largest absolute Gasteiger partial charge is 0.493 e. The molecule has 1 atom stereocenters. The van der Waals surface area contributed by atoms with Gasteiger partial charge in [-0.25, -0.2) is 0 Å². The first-order valence-electron chi connectivity index (χ1n) is 9.98. The van der Waals surface area contributed by atoms with E-state index in [1.807, 2.05) is 23.3 Å². The quantitative estimate of drug-likeness (QED) is 0.518. The number of halogens is 2. The molecule has 32 heavy (non-hydrogen) atoms. The van der Waals surface area contributed by atoms with Crippen LogP contribution in [-0.2, 0) is 4.84 Å². The van der Waals surface area contributed by atoms with Gasteiger partial charge in [-0.05, 0) is 36.8 Å². The van der Waals surface area contributed by atoms with Crippen LogP contribution in [0.1, 0.15) is 16.8 Å². The highest BCUT2D eigenvalue weighted by atomic mass is 35.5. The number of hydrogen-bond donors (Lipinski definition) is 1. The summed E-state index contributed by atoms with van der Waals surface area (Å²) in [5.41, 5.74) is 0.288. The van der Waals surface area contributed by atoms with Crippen molar-refractivity contribution < 1.29 is 23.8 Å². The summed E-state index contributed by atoms with van der Waals surface area (Å²) in [5.74, 6) is 1.01. The van der Waals surface area contributed by atoms with Crippen LogP contribution in [-0.4, -0.2) is 57.0 Å². The molecular weight excluding hydrogens is 457 g/mol. The normalized spacial score (nSPS) is 15.8. The molecule has 0 bridgehead atoms. The first-order chi connectivity index (χ1) is 15.5. The molecule has 170 valence electrons. The van der Waals surface area contributed by atoms with E-state index in [4.69, 9.17) is 47.5 Å². The predicted molar refractivity (Wildman–Crippen MR) is 119 cm³/mol. The van der Waals surface area contributed by atoms with E-state index in [1.165, 1.54) is 19.2 Å². The maximum Gasteiger partial charge on any atom is 0.254 e. The highest BCUT2D eigenvalue weighted by molar-refractivity contribution is 6.32. The van der Waals surface area contributed by atoms with Gasteiger partial charge >= 0.3 is 0 Å². The summed E-state index contributed by atoms with van der Waals surface area (Å²) in [6, 6.07) is 12.1. The number of ether oxygens (including phenoxy) is 3. The van der Waals surface area contributed by atoms with Gasteiger partial charge in [-0.2, -0.15) is 10.3 Å². The van der Waals surface area contributed by atoms with E-state index in [0.29, 0.717) is 43.5 Å². The molecule has 1 saturated heterocycles. The lowest BCUT2D eigenvalue weighted by Crippen LogP contribution is -2.26. The minimum absolute atomic E-state index is 0.0759. The molecule has 1 heterocycles. The van der Waals surface area contributed by atoms with Crippen LogP contribution in [0.15, 0.2) is 36.4 Å².